The second kappa shape index (κ2) is 5.93. The van der Waals surface area contributed by atoms with Crippen LogP contribution in [0.2, 0.25) is 0 Å². The van der Waals surface area contributed by atoms with Crippen molar-refractivity contribution in [2.45, 2.75) is 45.6 Å². The fourth-order valence-electron chi connectivity index (χ4n) is 3.89. The van der Waals surface area contributed by atoms with Gasteiger partial charge in [-0.05, 0) is 84.5 Å². The molecule has 1 saturated carbocycles. The Kier molecular flexibility index (Phi) is 4.29. The Bertz CT molecular complexity index is 686. The number of aliphatic hydroxyl groups excluding tert-OH is 1. The van der Waals surface area contributed by atoms with Crippen LogP contribution in [0.3, 0.4) is 0 Å². The number of carbonyl (C=O) groups is 1. The minimum absolute atomic E-state index is 0.153. The molecule has 1 N–H and O–H groups in total. The zero-order valence-corrected chi connectivity index (χ0v) is 15.2. The third-order valence-electron chi connectivity index (χ3n) is 5.16. The fourth-order valence-corrected chi connectivity index (χ4v) is 4.45. The Balaban J connectivity index is 2.05. The molecule has 3 heteroatoms. The van der Waals surface area contributed by atoms with Gasteiger partial charge in [-0.2, -0.15) is 0 Å². The molecular formula is C19H21IO2. The number of rotatable bonds is 1. The zero-order valence-electron chi connectivity index (χ0n) is 13.0. The van der Waals surface area contributed by atoms with Crippen LogP contribution in [0.1, 0.15) is 45.1 Å². The summed E-state index contributed by atoms with van der Waals surface area (Å²) in [5.41, 5.74) is 3.64. The number of Topliss-reactive ketones (excluding diaryl/α,β-unsaturated/α-hetero) is 1. The highest BCUT2D eigenvalue weighted by Gasteiger charge is 2.45. The lowest BCUT2D eigenvalue weighted by Gasteiger charge is -2.45. The molecule has 22 heavy (non-hydrogen) atoms. The number of hydrogen-bond donors (Lipinski definition) is 1. The Labute approximate surface area is 145 Å². The van der Waals surface area contributed by atoms with E-state index in [0.717, 1.165) is 39.5 Å². The van der Waals surface area contributed by atoms with E-state index in [1.54, 1.807) is 0 Å². The molecule has 1 aromatic rings. The highest BCUT2D eigenvalue weighted by Crippen LogP contribution is 2.50. The standard InChI is InChI=1S/C19H21IO2/c1-12-16-7-4-8-17(21)19(16,2)11-14(18(12)22)9-13-5-3-6-15(20)10-13/h3,5-6,9-10,17,21H,4,7-8,11H2,1-2H3/b14-9+/t17-,19-/m0/s1. The van der Waals surface area contributed by atoms with Gasteiger partial charge in [0, 0.05) is 14.6 Å². The van der Waals surface area contributed by atoms with Crippen LogP contribution >= 0.6 is 22.6 Å². The Hall–Kier alpha value is -0.940. The number of hydrogen-bond acceptors (Lipinski definition) is 2. The van der Waals surface area contributed by atoms with Crippen molar-refractivity contribution in [2.75, 3.05) is 0 Å². The van der Waals surface area contributed by atoms with E-state index in [2.05, 4.69) is 35.6 Å². The maximum atomic E-state index is 12.7. The lowest BCUT2D eigenvalue weighted by molar-refractivity contribution is -0.113. The lowest BCUT2D eigenvalue weighted by Crippen LogP contribution is -2.42. The van der Waals surface area contributed by atoms with Crippen LogP contribution in [0.5, 0.6) is 0 Å². The van der Waals surface area contributed by atoms with Crippen LogP contribution in [0.25, 0.3) is 6.08 Å². The summed E-state index contributed by atoms with van der Waals surface area (Å²) in [6.45, 7) is 4.04. The first-order chi connectivity index (χ1) is 10.4. The molecule has 2 aliphatic rings. The van der Waals surface area contributed by atoms with Gasteiger partial charge in [-0.25, -0.2) is 0 Å². The summed E-state index contributed by atoms with van der Waals surface area (Å²) in [5, 5.41) is 10.5. The van der Waals surface area contributed by atoms with E-state index >= 15 is 0 Å². The average Bonchev–Trinajstić information content (AvgIpc) is 2.47. The van der Waals surface area contributed by atoms with E-state index in [4.69, 9.17) is 0 Å². The van der Waals surface area contributed by atoms with E-state index in [9.17, 15) is 9.90 Å². The molecule has 0 bridgehead atoms. The minimum Gasteiger partial charge on any atom is -0.392 e. The average molecular weight is 408 g/mol. The van der Waals surface area contributed by atoms with Crippen molar-refractivity contribution in [3.8, 4) is 0 Å². The van der Waals surface area contributed by atoms with Crippen LogP contribution in [0.4, 0.5) is 0 Å². The van der Waals surface area contributed by atoms with Crippen LogP contribution in [0, 0.1) is 8.99 Å². The molecule has 0 aliphatic heterocycles. The maximum Gasteiger partial charge on any atom is 0.184 e. The molecule has 3 rings (SSSR count). The van der Waals surface area contributed by atoms with E-state index in [1.165, 1.54) is 5.57 Å². The largest absolute Gasteiger partial charge is 0.392 e. The fraction of sp³-hybridized carbons (Fsp3) is 0.421. The summed E-state index contributed by atoms with van der Waals surface area (Å²) < 4.78 is 1.16. The van der Waals surface area contributed by atoms with Crippen molar-refractivity contribution in [2.24, 2.45) is 5.41 Å². The van der Waals surface area contributed by atoms with Crippen molar-refractivity contribution < 1.29 is 9.90 Å². The molecule has 0 unspecified atom stereocenters. The quantitative estimate of drug-likeness (QED) is 0.548. The van der Waals surface area contributed by atoms with Gasteiger partial charge < -0.3 is 5.11 Å². The monoisotopic (exact) mass is 408 g/mol. The van der Waals surface area contributed by atoms with Crippen LogP contribution in [0.15, 0.2) is 41.0 Å². The predicted octanol–water partition coefficient (Wildman–Crippen LogP) is 4.52. The number of ketones is 1. The maximum absolute atomic E-state index is 12.7. The topological polar surface area (TPSA) is 37.3 Å². The van der Waals surface area contributed by atoms with Crippen molar-refractivity contribution in [1.29, 1.82) is 0 Å². The molecule has 0 aromatic heterocycles. The Morgan fingerprint density at radius 1 is 1.41 bits per heavy atom. The highest BCUT2D eigenvalue weighted by atomic mass is 127. The smallest absolute Gasteiger partial charge is 0.184 e. The molecule has 116 valence electrons. The molecule has 0 spiro atoms. The van der Waals surface area contributed by atoms with Gasteiger partial charge in [0.05, 0.1) is 6.10 Å². The van der Waals surface area contributed by atoms with Crippen molar-refractivity contribution in [3.63, 3.8) is 0 Å². The molecule has 0 amide bonds. The van der Waals surface area contributed by atoms with Crippen molar-refractivity contribution >= 4 is 34.5 Å². The van der Waals surface area contributed by atoms with E-state index in [-0.39, 0.29) is 17.3 Å². The van der Waals surface area contributed by atoms with Gasteiger partial charge in [0.2, 0.25) is 0 Å². The van der Waals surface area contributed by atoms with Crippen molar-refractivity contribution in [3.05, 3.63) is 50.1 Å². The molecule has 0 radical (unpaired) electrons. The minimum atomic E-state index is -0.349. The van der Waals surface area contributed by atoms with Gasteiger partial charge in [0.1, 0.15) is 0 Å². The second-order valence-corrected chi connectivity index (χ2v) is 7.91. The van der Waals surface area contributed by atoms with Gasteiger partial charge in [-0.3, -0.25) is 4.79 Å². The number of carbonyl (C=O) groups excluding carboxylic acids is 1. The first-order valence-corrected chi connectivity index (χ1v) is 8.89. The second-order valence-electron chi connectivity index (χ2n) is 6.66. The van der Waals surface area contributed by atoms with E-state index in [1.807, 2.05) is 31.2 Å². The number of fused-ring (bicyclic) bond motifs is 1. The normalized spacial score (nSPS) is 30.6. The molecule has 2 atom stereocenters. The molecule has 0 heterocycles. The van der Waals surface area contributed by atoms with E-state index in [0.29, 0.717) is 6.42 Å². The summed E-state index contributed by atoms with van der Waals surface area (Å²) >= 11 is 2.28. The van der Waals surface area contributed by atoms with Gasteiger partial charge in [-0.1, -0.05) is 24.6 Å². The lowest BCUT2D eigenvalue weighted by atomic mass is 9.61. The number of aliphatic hydroxyl groups is 1. The highest BCUT2D eigenvalue weighted by molar-refractivity contribution is 14.1. The molecule has 0 saturated heterocycles. The van der Waals surface area contributed by atoms with Crippen LogP contribution in [-0.4, -0.2) is 17.0 Å². The Morgan fingerprint density at radius 3 is 2.91 bits per heavy atom. The summed E-state index contributed by atoms with van der Waals surface area (Å²) in [7, 11) is 0. The summed E-state index contributed by atoms with van der Waals surface area (Å²) in [6.07, 6.45) is 5.05. The molecule has 2 aliphatic carbocycles. The Morgan fingerprint density at radius 2 is 2.18 bits per heavy atom. The number of benzene rings is 1. The summed E-state index contributed by atoms with van der Waals surface area (Å²) in [5.74, 6) is 0.153. The SMILES string of the molecule is CC1=C2CCC[C@H](O)[C@@]2(C)C/C(=C\c2cccc(I)c2)C1=O. The molecule has 1 fully saturated rings. The van der Waals surface area contributed by atoms with Gasteiger partial charge in [0.25, 0.3) is 0 Å². The molecular weight excluding hydrogens is 387 g/mol. The summed E-state index contributed by atoms with van der Waals surface area (Å²) in [4.78, 5) is 12.7. The van der Waals surface area contributed by atoms with Gasteiger partial charge >= 0.3 is 0 Å². The molecule has 1 aromatic carbocycles. The van der Waals surface area contributed by atoms with Crippen LogP contribution in [-0.2, 0) is 4.79 Å². The van der Waals surface area contributed by atoms with Gasteiger partial charge in [0.15, 0.2) is 5.78 Å². The third-order valence-corrected chi connectivity index (χ3v) is 5.83. The number of halogens is 1. The first-order valence-electron chi connectivity index (χ1n) is 7.81. The first kappa shape index (κ1) is 15.9. The number of allylic oxidation sites excluding steroid dienone is 2. The third kappa shape index (κ3) is 2.69. The summed E-state index contributed by atoms with van der Waals surface area (Å²) in [6, 6.07) is 8.15. The zero-order chi connectivity index (χ0) is 15.9. The molecule has 2 nitrogen and oxygen atoms in total. The predicted molar refractivity (Wildman–Crippen MR) is 97.4 cm³/mol. The van der Waals surface area contributed by atoms with Crippen molar-refractivity contribution in [1.82, 2.24) is 0 Å². The van der Waals surface area contributed by atoms with E-state index < -0.39 is 0 Å². The van der Waals surface area contributed by atoms with Crippen LogP contribution < -0.4 is 0 Å². The van der Waals surface area contributed by atoms with Gasteiger partial charge in [-0.15, -0.1) is 0 Å².